The second-order valence-electron chi connectivity index (χ2n) is 5.41. The second-order valence-corrected chi connectivity index (χ2v) is 5.81. The fourth-order valence-electron chi connectivity index (χ4n) is 2.19. The number of hydrogen-bond donors (Lipinski definition) is 1. The fraction of sp³-hybridized carbons (Fsp3) is 0.571. The van der Waals surface area contributed by atoms with E-state index in [2.05, 4.69) is 18.7 Å². The Balaban J connectivity index is 2.08. The molecule has 0 radical (unpaired) electrons. The summed E-state index contributed by atoms with van der Waals surface area (Å²) in [5, 5.41) is 0.827. The van der Waals surface area contributed by atoms with Gasteiger partial charge in [0.15, 0.2) is 0 Å². The van der Waals surface area contributed by atoms with Gasteiger partial charge >= 0.3 is 0 Å². The van der Waals surface area contributed by atoms with E-state index in [1.165, 1.54) is 12.8 Å². The molecule has 0 spiro atoms. The van der Waals surface area contributed by atoms with Crippen molar-refractivity contribution in [1.82, 2.24) is 4.90 Å². The summed E-state index contributed by atoms with van der Waals surface area (Å²) in [6.45, 7) is 6.58. The van der Waals surface area contributed by atoms with Crippen LogP contribution in [-0.4, -0.2) is 17.5 Å². The quantitative estimate of drug-likeness (QED) is 0.813. The molecule has 1 saturated carbocycles. The third kappa shape index (κ3) is 3.62. The Morgan fingerprint density at radius 1 is 1.41 bits per heavy atom. The molecule has 1 aromatic rings. The molecular weight excluding hydrogens is 232 g/mol. The van der Waals surface area contributed by atoms with Crippen molar-refractivity contribution in [3.63, 3.8) is 0 Å². The molecule has 1 aliphatic carbocycles. The van der Waals surface area contributed by atoms with Gasteiger partial charge in [-0.1, -0.05) is 25.4 Å². The number of hydrogen-bond acceptors (Lipinski definition) is 2. The van der Waals surface area contributed by atoms with Gasteiger partial charge in [0, 0.05) is 29.8 Å². The van der Waals surface area contributed by atoms with E-state index in [1.54, 1.807) is 0 Å². The third-order valence-electron chi connectivity index (χ3n) is 3.11. The Morgan fingerprint density at radius 2 is 2.12 bits per heavy atom. The van der Waals surface area contributed by atoms with Gasteiger partial charge in [0.05, 0.1) is 0 Å². The molecular formula is C14H21ClN2. The number of nitrogens with two attached hydrogens (primary N) is 1. The van der Waals surface area contributed by atoms with Crippen molar-refractivity contribution >= 4 is 17.3 Å². The second kappa shape index (κ2) is 5.28. The predicted molar refractivity (Wildman–Crippen MR) is 74.1 cm³/mol. The van der Waals surface area contributed by atoms with Gasteiger partial charge in [0.2, 0.25) is 0 Å². The minimum atomic E-state index is 0.690. The summed E-state index contributed by atoms with van der Waals surface area (Å²) < 4.78 is 0. The molecule has 2 nitrogen and oxygen atoms in total. The average molecular weight is 253 g/mol. The van der Waals surface area contributed by atoms with Crippen LogP contribution in [0.4, 0.5) is 5.69 Å². The lowest BCUT2D eigenvalue weighted by atomic mass is 10.1. The molecule has 0 heterocycles. The van der Waals surface area contributed by atoms with Crippen molar-refractivity contribution < 1.29 is 0 Å². The number of nitrogen functional groups attached to an aromatic ring is 1. The van der Waals surface area contributed by atoms with E-state index >= 15 is 0 Å². The number of anilines is 1. The van der Waals surface area contributed by atoms with Gasteiger partial charge in [-0.05, 0) is 42.5 Å². The molecule has 1 fully saturated rings. The first-order valence-corrected chi connectivity index (χ1v) is 6.72. The highest BCUT2D eigenvalue weighted by atomic mass is 35.5. The zero-order valence-electron chi connectivity index (χ0n) is 10.6. The summed E-state index contributed by atoms with van der Waals surface area (Å²) in [5.41, 5.74) is 7.77. The molecule has 0 aromatic heterocycles. The molecule has 0 unspecified atom stereocenters. The van der Waals surface area contributed by atoms with Gasteiger partial charge in [-0.25, -0.2) is 0 Å². The van der Waals surface area contributed by atoms with Crippen molar-refractivity contribution in [3.8, 4) is 0 Å². The van der Waals surface area contributed by atoms with E-state index in [1.807, 2.05) is 18.2 Å². The van der Waals surface area contributed by atoms with Crippen LogP contribution in [0.1, 0.15) is 32.3 Å². The maximum absolute atomic E-state index is 6.22. The van der Waals surface area contributed by atoms with Crippen molar-refractivity contribution in [3.05, 3.63) is 28.8 Å². The third-order valence-corrected chi connectivity index (χ3v) is 3.47. The standard InChI is InChI=1S/C14H21ClN2/c1-10(2)8-17(13-4-5-13)9-11-7-12(16)3-6-14(11)15/h3,6-7,10,13H,4-5,8-9,16H2,1-2H3. The molecule has 94 valence electrons. The van der Waals surface area contributed by atoms with Crippen molar-refractivity contribution in [2.45, 2.75) is 39.3 Å². The topological polar surface area (TPSA) is 29.3 Å². The lowest BCUT2D eigenvalue weighted by Gasteiger charge is -2.24. The number of halogens is 1. The van der Waals surface area contributed by atoms with Crippen LogP contribution in [0.15, 0.2) is 18.2 Å². The zero-order chi connectivity index (χ0) is 12.4. The SMILES string of the molecule is CC(C)CN(Cc1cc(N)ccc1Cl)C1CC1. The first-order chi connectivity index (χ1) is 8.06. The molecule has 1 aromatic carbocycles. The Labute approximate surface area is 109 Å². The summed E-state index contributed by atoms with van der Waals surface area (Å²) in [4.78, 5) is 2.53. The predicted octanol–water partition coefficient (Wildman–Crippen LogP) is 3.54. The Morgan fingerprint density at radius 3 is 2.71 bits per heavy atom. The van der Waals surface area contributed by atoms with Crippen LogP contribution in [0.3, 0.4) is 0 Å². The molecule has 2 N–H and O–H groups in total. The molecule has 1 aliphatic rings. The van der Waals surface area contributed by atoms with Crippen LogP contribution in [0.2, 0.25) is 5.02 Å². The summed E-state index contributed by atoms with van der Waals surface area (Å²) >= 11 is 6.22. The van der Waals surface area contributed by atoms with E-state index in [0.717, 1.165) is 35.4 Å². The zero-order valence-corrected chi connectivity index (χ0v) is 11.4. The lowest BCUT2D eigenvalue weighted by Crippen LogP contribution is -2.29. The lowest BCUT2D eigenvalue weighted by molar-refractivity contribution is 0.226. The van der Waals surface area contributed by atoms with Crippen LogP contribution in [0.25, 0.3) is 0 Å². The molecule has 0 amide bonds. The van der Waals surface area contributed by atoms with E-state index in [-0.39, 0.29) is 0 Å². The number of rotatable bonds is 5. The fourth-order valence-corrected chi connectivity index (χ4v) is 2.36. The molecule has 0 saturated heterocycles. The summed E-state index contributed by atoms with van der Waals surface area (Å²) in [6, 6.07) is 6.51. The van der Waals surface area contributed by atoms with E-state index in [4.69, 9.17) is 17.3 Å². The Bertz CT molecular complexity index is 386. The average Bonchev–Trinajstić information content (AvgIpc) is 3.05. The van der Waals surface area contributed by atoms with Crippen LogP contribution in [0, 0.1) is 5.92 Å². The molecule has 0 bridgehead atoms. The monoisotopic (exact) mass is 252 g/mol. The Kier molecular flexibility index (Phi) is 3.95. The van der Waals surface area contributed by atoms with E-state index in [9.17, 15) is 0 Å². The van der Waals surface area contributed by atoms with Gasteiger partial charge in [-0.15, -0.1) is 0 Å². The molecule has 0 atom stereocenters. The van der Waals surface area contributed by atoms with Crippen molar-refractivity contribution in [2.24, 2.45) is 5.92 Å². The maximum atomic E-state index is 6.22. The van der Waals surface area contributed by atoms with Crippen molar-refractivity contribution in [1.29, 1.82) is 0 Å². The summed E-state index contributed by atoms with van der Waals surface area (Å²) in [7, 11) is 0. The van der Waals surface area contributed by atoms with Gasteiger partial charge in [-0.3, -0.25) is 4.90 Å². The highest BCUT2D eigenvalue weighted by Crippen LogP contribution is 2.30. The van der Waals surface area contributed by atoms with Gasteiger partial charge in [0.1, 0.15) is 0 Å². The largest absolute Gasteiger partial charge is 0.399 e. The molecule has 3 heteroatoms. The highest BCUT2D eigenvalue weighted by Gasteiger charge is 2.29. The summed E-state index contributed by atoms with van der Waals surface area (Å²) in [6.07, 6.45) is 2.65. The molecule has 17 heavy (non-hydrogen) atoms. The van der Waals surface area contributed by atoms with Crippen molar-refractivity contribution in [2.75, 3.05) is 12.3 Å². The van der Waals surface area contributed by atoms with Crippen LogP contribution in [0.5, 0.6) is 0 Å². The maximum Gasteiger partial charge on any atom is 0.0452 e. The van der Waals surface area contributed by atoms with Crippen LogP contribution < -0.4 is 5.73 Å². The number of nitrogens with zero attached hydrogens (tertiary/aromatic N) is 1. The smallest absolute Gasteiger partial charge is 0.0452 e. The highest BCUT2D eigenvalue weighted by molar-refractivity contribution is 6.31. The summed E-state index contributed by atoms with van der Waals surface area (Å²) in [5.74, 6) is 0.690. The van der Waals surface area contributed by atoms with E-state index in [0.29, 0.717) is 5.92 Å². The van der Waals surface area contributed by atoms with Gasteiger partial charge in [0.25, 0.3) is 0 Å². The first kappa shape index (κ1) is 12.7. The van der Waals surface area contributed by atoms with Gasteiger partial charge in [-0.2, -0.15) is 0 Å². The number of benzene rings is 1. The normalized spacial score (nSPS) is 15.8. The van der Waals surface area contributed by atoms with E-state index < -0.39 is 0 Å². The van der Waals surface area contributed by atoms with Gasteiger partial charge < -0.3 is 5.73 Å². The molecule has 0 aliphatic heterocycles. The van der Waals surface area contributed by atoms with Crippen LogP contribution in [-0.2, 0) is 6.54 Å². The minimum absolute atomic E-state index is 0.690. The Hall–Kier alpha value is -0.730. The van der Waals surface area contributed by atoms with Crippen LogP contribution >= 0.6 is 11.6 Å². The molecule has 2 rings (SSSR count). The minimum Gasteiger partial charge on any atom is -0.399 e. The first-order valence-electron chi connectivity index (χ1n) is 6.34.